The van der Waals surface area contributed by atoms with E-state index < -0.39 is 10.0 Å². The summed E-state index contributed by atoms with van der Waals surface area (Å²) in [6.07, 6.45) is 1.97. The molecule has 0 aromatic heterocycles. The van der Waals surface area contributed by atoms with Crippen LogP contribution in [0.25, 0.3) is 0 Å². The maximum absolute atomic E-state index is 12.7. The largest absolute Gasteiger partial charge is 0.339 e. The highest BCUT2D eigenvalue weighted by molar-refractivity contribution is 7.92. The van der Waals surface area contributed by atoms with Crippen molar-refractivity contribution in [3.8, 4) is 0 Å². The topological polar surface area (TPSA) is 66.5 Å². The number of rotatable bonds is 4. The molecule has 2 aromatic carbocycles. The second-order valence-corrected chi connectivity index (χ2v) is 8.16. The fourth-order valence-electron chi connectivity index (χ4n) is 2.91. The summed E-state index contributed by atoms with van der Waals surface area (Å²) in [5.41, 5.74) is 0.898. The smallest absolute Gasteiger partial charge is 0.261 e. The molecule has 1 amide bonds. The minimum Gasteiger partial charge on any atom is -0.339 e. The monoisotopic (exact) mass is 358 g/mol. The molecule has 0 saturated carbocycles. The quantitative estimate of drug-likeness (QED) is 0.911. The number of sulfonamides is 1. The molecule has 1 heterocycles. The van der Waals surface area contributed by atoms with Crippen molar-refractivity contribution in [2.75, 3.05) is 17.8 Å². The molecule has 0 spiro atoms. The van der Waals surface area contributed by atoms with Crippen molar-refractivity contribution in [2.24, 2.45) is 5.92 Å². The first-order valence-corrected chi connectivity index (χ1v) is 9.91. The average Bonchev–Trinajstić information content (AvgIpc) is 2.62. The zero-order valence-corrected chi connectivity index (χ0v) is 15.0. The van der Waals surface area contributed by atoms with Gasteiger partial charge in [0.25, 0.3) is 15.9 Å². The molecule has 3 rings (SSSR count). The second kappa shape index (κ2) is 7.27. The Morgan fingerprint density at radius 1 is 1.04 bits per heavy atom. The average molecular weight is 358 g/mol. The molecule has 1 fully saturated rings. The van der Waals surface area contributed by atoms with Crippen molar-refractivity contribution >= 4 is 21.6 Å². The first-order valence-electron chi connectivity index (χ1n) is 8.43. The van der Waals surface area contributed by atoms with E-state index in [2.05, 4.69) is 11.6 Å². The van der Waals surface area contributed by atoms with E-state index in [0.29, 0.717) is 17.2 Å². The summed E-state index contributed by atoms with van der Waals surface area (Å²) in [4.78, 5) is 14.5. The molecule has 1 N–H and O–H groups in total. The minimum absolute atomic E-state index is 0.0904. The SMILES string of the molecule is CC1CCN(C(=O)c2cccc(S(=O)(=O)Nc3ccccc3)c2)CC1. The third kappa shape index (κ3) is 4.20. The van der Waals surface area contributed by atoms with Crippen molar-refractivity contribution in [1.82, 2.24) is 4.90 Å². The van der Waals surface area contributed by atoms with Gasteiger partial charge in [-0.05, 0) is 49.1 Å². The summed E-state index contributed by atoms with van der Waals surface area (Å²) < 4.78 is 27.7. The van der Waals surface area contributed by atoms with Crippen molar-refractivity contribution < 1.29 is 13.2 Å². The molecule has 25 heavy (non-hydrogen) atoms. The van der Waals surface area contributed by atoms with Crippen LogP contribution in [0, 0.1) is 5.92 Å². The van der Waals surface area contributed by atoms with Crippen molar-refractivity contribution in [3.05, 3.63) is 60.2 Å². The molecule has 2 aromatic rings. The number of likely N-dealkylation sites (tertiary alicyclic amines) is 1. The Morgan fingerprint density at radius 3 is 2.40 bits per heavy atom. The Labute approximate surface area is 148 Å². The third-order valence-corrected chi connectivity index (χ3v) is 5.87. The molecular formula is C19H22N2O3S. The number of nitrogens with zero attached hydrogens (tertiary/aromatic N) is 1. The Bertz CT molecular complexity index is 842. The predicted octanol–water partition coefficient (Wildman–Crippen LogP) is 3.36. The number of hydrogen-bond donors (Lipinski definition) is 1. The summed E-state index contributed by atoms with van der Waals surface area (Å²) in [6, 6.07) is 14.9. The number of piperidine rings is 1. The molecule has 0 atom stereocenters. The van der Waals surface area contributed by atoms with Crippen LogP contribution in [0.3, 0.4) is 0 Å². The van der Waals surface area contributed by atoms with E-state index in [-0.39, 0.29) is 10.8 Å². The van der Waals surface area contributed by atoms with Crippen LogP contribution in [-0.2, 0) is 10.0 Å². The summed E-state index contributed by atoms with van der Waals surface area (Å²) in [5.74, 6) is 0.523. The van der Waals surface area contributed by atoms with Crippen LogP contribution in [0.15, 0.2) is 59.5 Å². The van der Waals surface area contributed by atoms with Gasteiger partial charge in [0, 0.05) is 24.3 Å². The van der Waals surface area contributed by atoms with E-state index in [9.17, 15) is 13.2 Å². The summed E-state index contributed by atoms with van der Waals surface area (Å²) in [6.45, 7) is 3.63. The van der Waals surface area contributed by atoms with Crippen LogP contribution >= 0.6 is 0 Å². The van der Waals surface area contributed by atoms with Gasteiger partial charge in [0.15, 0.2) is 0 Å². The Morgan fingerprint density at radius 2 is 1.72 bits per heavy atom. The van der Waals surface area contributed by atoms with Gasteiger partial charge in [-0.1, -0.05) is 31.2 Å². The number of benzene rings is 2. The lowest BCUT2D eigenvalue weighted by molar-refractivity contribution is 0.0697. The van der Waals surface area contributed by atoms with Crippen LogP contribution in [0.4, 0.5) is 5.69 Å². The second-order valence-electron chi connectivity index (χ2n) is 6.47. The third-order valence-electron chi connectivity index (χ3n) is 4.49. The number of nitrogens with one attached hydrogen (secondary N) is 1. The molecule has 0 bridgehead atoms. The number of amides is 1. The maximum Gasteiger partial charge on any atom is 0.261 e. The zero-order valence-electron chi connectivity index (χ0n) is 14.2. The number of hydrogen-bond acceptors (Lipinski definition) is 3. The molecule has 5 nitrogen and oxygen atoms in total. The zero-order chi connectivity index (χ0) is 17.9. The van der Waals surface area contributed by atoms with Crippen molar-refractivity contribution in [1.29, 1.82) is 0 Å². The molecule has 0 radical (unpaired) electrons. The van der Waals surface area contributed by atoms with Gasteiger partial charge >= 0.3 is 0 Å². The number of anilines is 1. The normalized spacial score (nSPS) is 15.8. The minimum atomic E-state index is -3.73. The number of carbonyl (C=O) groups is 1. The van der Waals surface area contributed by atoms with Crippen molar-refractivity contribution in [2.45, 2.75) is 24.7 Å². The molecule has 1 aliphatic heterocycles. The first kappa shape index (κ1) is 17.5. The summed E-state index contributed by atoms with van der Waals surface area (Å²) in [5, 5.41) is 0. The van der Waals surface area contributed by atoms with E-state index in [4.69, 9.17) is 0 Å². The predicted molar refractivity (Wildman–Crippen MR) is 98.0 cm³/mol. The van der Waals surface area contributed by atoms with Crippen LogP contribution in [0.2, 0.25) is 0 Å². The lowest BCUT2D eigenvalue weighted by atomic mass is 9.98. The van der Waals surface area contributed by atoms with Crippen LogP contribution < -0.4 is 4.72 Å². The Hall–Kier alpha value is -2.34. The Kier molecular flexibility index (Phi) is 5.08. The van der Waals surface area contributed by atoms with Gasteiger partial charge in [-0.25, -0.2) is 8.42 Å². The van der Waals surface area contributed by atoms with Crippen molar-refractivity contribution in [3.63, 3.8) is 0 Å². The van der Waals surface area contributed by atoms with E-state index in [1.54, 1.807) is 41.3 Å². The van der Waals surface area contributed by atoms with E-state index in [1.165, 1.54) is 12.1 Å². The molecule has 6 heteroatoms. The van der Waals surface area contributed by atoms with E-state index in [0.717, 1.165) is 25.9 Å². The molecule has 1 saturated heterocycles. The van der Waals surface area contributed by atoms with Gasteiger partial charge < -0.3 is 4.90 Å². The highest BCUT2D eigenvalue weighted by Gasteiger charge is 2.23. The van der Waals surface area contributed by atoms with Gasteiger partial charge in [-0.2, -0.15) is 0 Å². The standard InChI is InChI=1S/C19H22N2O3S/c1-15-10-12-21(13-11-15)19(22)16-6-5-9-18(14-16)25(23,24)20-17-7-3-2-4-8-17/h2-9,14-15,20H,10-13H2,1H3. The lowest BCUT2D eigenvalue weighted by Gasteiger charge is -2.30. The molecule has 0 aliphatic carbocycles. The fourth-order valence-corrected chi connectivity index (χ4v) is 4.01. The summed E-state index contributed by atoms with van der Waals surface area (Å²) in [7, 11) is -3.73. The van der Waals surface area contributed by atoms with E-state index >= 15 is 0 Å². The fraction of sp³-hybridized carbons (Fsp3) is 0.316. The number of para-hydroxylation sites is 1. The molecular weight excluding hydrogens is 336 g/mol. The van der Waals surface area contributed by atoms with E-state index in [1.807, 2.05) is 6.07 Å². The van der Waals surface area contributed by atoms with Gasteiger partial charge in [0.05, 0.1) is 4.90 Å². The molecule has 0 unspecified atom stereocenters. The first-order chi connectivity index (χ1) is 12.0. The summed E-state index contributed by atoms with van der Waals surface area (Å²) >= 11 is 0. The highest BCUT2D eigenvalue weighted by Crippen LogP contribution is 2.21. The highest BCUT2D eigenvalue weighted by atomic mass is 32.2. The molecule has 132 valence electrons. The van der Waals surface area contributed by atoms with Gasteiger partial charge in [0.1, 0.15) is 0 Å². The van der Waals surface area contributed by atoms with Crippen LogP contribution in [0.1, 0.15) is 30.1 Å². The Balaban J connectivity index is 1.80. The van der Waals surface area contributed by atoms with Gasteiger partial charge in [-0.3, -0.25) is 9.52 Å². The maximum atomic E-state index is 12.7. The van der Waals surface area contributed by atoms with Crippen LogP contribution in [0.5, 0.6) is 0 Å². The molecule has 1 aliphatic rings. The van der Waals surface area contributed by atoms with Crippen LogP contribution in [-0.4, -0.2) is 32.3 Å². The van der Waals surface area contributed by atoms with Gasteiger partial charge in [-0.15, -0.1) is 0 Å². The van der Waals surface area contributed by atoms with Gasteiger partial charge in [0.2, 0.25) is 0 Å². The lowest BCUT2D eigenvalue weighted by Crippen LogP contribution is -2.37. The number of carbonyl (C=O) groups excluding carboxylic acids is 1.